The third-order valence-electron chi connectivity index (χ3n) is 6.16. The number of carbonyl (C=O) groups is 2. The molecule has 3 heterocycles. The number of nitrogens with zero attached hydrogens (tertiary/aromatic N) is 3. The van der Waals surface area contributed by atoms with E-state index in [0.717, 1.165) is 0 Å². The molecule has 1 atom stereocenters. The molecule has 1 amide bonds. The predicted molar refractivity (Wildman–Crippen MR) is 149 cm³/mol. The maximum atomic E-state index is 15.5. The number of alkyl carbamates (subject to hydrolysis) is 1. The number of tetrazole rings is 1. The summed E-state index contributed by atoms with van der Waals surface area (Å²) in [6.07, 6.45) is 0.354. The molecule has 2 aromatic carbocycles. The van der Waals surface area contributed by atoms with Gasteiger partial charge in [0.2, 0.25) is 11.8 Å². The maximum absolute atomic E-state index is 15.5. The highest BCUT2D eigenvalue weighted by Gasteiger charge is 2.43. The van der Waals surface area contributed by atoms with Gasteiger partial charge in [-0.15, -0.1) is 10.2 Å². The molecule has 12 nitrogen and oxygen atoms in total. The van der Waals surface area contributed by atoms with Crippen molar-refractivity contribution in [3.05, 3.63) is 94.2 Å². The van der Waals surface area contributed by atoms with Crippen LogP contribution in [0.5, 0.6) is 11.5 Å². The number of amides is 1. The topological polar surface area (TPSA) is 165 Å². The van der Waals surface area contributed by atoms with Gasteiger partial charge in [-0.05, 0) is 73.9 Å². The quantitative estimate of drug-likeness (QED) is 0.360. The molecule has 0 fully saturated rings. The van der Waals surface area contributed by atoms with E-state index in [9.17, 15) is 18.0 Å². The molecule has 0 saturated heterocycles. The molecule has 0 bridgehead atoms. The van der Waals surface area contributed by atoms with E-state index < -0.39 is 50.1 Å². The van der Waals surface area contributed by atoms with Gasteiger partial charge in [0.1, 0.15) is 28.2 Å². The van der Waals surface area contributed by atoms with Gasteiger partial charge in [0.25, 0.3) is 0 Å². The number of H-pyrrole nitrogens is 1. The molecule has 0 spiro atoms. The number of allylic oxidation sites excluding steroid dienone is 3. The number of halogens is 1. The number of hydrogen-bond acceptors (Lipinski definition) is 10. The Bertz CT molecular complexity index is 1710. The van der Waals surface area contributed by atoms with Gasteiger partial charge in [-0.1, -0.05) is 30.3 Å². The van der Waals surface area contributed by atoms with Crippen molar-refractivity contribution >= 4 is 27.3 Å². The minimum atomic E-state index is -4.29. The molecule has 2 aliphatic rings. The Labute approximate surface area is 240 Å². The van der Waals surface area contributed by atoms with E-state index in [2.05, 4.69) is 31.3 Å². The molecule has 5 rings (SSSR count). The minimum absolute atomic E-state index is 0.0151. The molecule has 2 aliphatic heterocycles. The third-order valence-corrected chi connectivity index (χ3v) is 7.86. The summed E-state index contributed by atoms with van der Waals surface area (Å²) in [5, 5.41) is 17.3. The first-order valence-corrected chi connectivity index (χ1v) is 14.5. The Morgan fingerprint density at radius 1 is 1.10 bits per heavy atom. The fraction of sp³-hybridized carbons (Fsp3) is 0.250. The van der Waals surface area contributed by atoms with Gasteiger partial charge in [-0.2, -0.15) is 9.60 Å². The lowest BCUT2D eigenvalue weighted by atomic mass is 9.91. The first-order valence-electron chi connectivity index (χ1n) is 12.8. The van der Waals surface area contributed by atoms with E-state index in [1.54, 1.807) is 45.0 Å². The van der Waals surface area contributed by atoms with Crippen LogP contribution in [0.3, 0.4) is 0 Å². The van der Waals surface area contributed by atoms with Crippen molar-refractivity contribution in [2.45, 2.75) is 38.8 Å². The zero-order chi connectivity index (χ0) is 30.1. The van der Waals surface area contributed by atoms with Crippen molar-refractivity contribution in [3.63, 3.8) is 0 Å². The second-order valence-corrected chi connectivity index (χ2v) is 12.5. The van der Waals surface area contributed by atoms with Crippen LogP contribution in [0.15, 0.2) is 82.8 Å². The predicted octanol–water partition coefficient (Wildman–Crippen LogP) is 3.50. The van der Waals surface area contributed by atoms with Gasteiger partial charge in [0.05, 0.1) is 16.9 Å². The van der Waals surface area contributed by atoms with Crippen LogP contribution in [0.25, 0.3) is 5.57 Å². The van der Waals surface area contributed by atoms with Crippen molar-refractivity contribution in [2.75, 3.05) is 5.75 Å². The molecule has 3 N–H and O–H groups in total. The summed E-state index contributed by atoms with van der Waals surface area (Å²) < 4.78 is 53.3. The fourth-order valence-corrected chi connectivity index (χ4v) is 6.02. The summed E-state index contributed by atoms with van der Waals surface area (Å²) in [6.45, 7) is 4.90. The van der Waals surface area contributed by atoms with E-state index in [0.29, 0.717) is 17.1 Å². The lowest BCUT2D eigenvalue weighted by molar-refractivity contribution is -0.117. The zero-order valence-electron chi connectivity index (χ0n) is 22.8. The number of aromatic nitrogens is 4. The zero-order valence-corrected chi connectivity index (χ0v) is 23.7. The van der Waals surface area contributed by atoms with Gasteiger partial charge >= 0.3 is 6.09 Å². The van der Waals surface area contributed by atoms with Crippen LogP contribution in [0, 0.1) is 0 Å². The summed E-state index contributed by atoms with van der Waals surface area (Å²) >= 11 is 0. The van der Waals surface area contributed by atoms with Crippen molar-refractivity contribution < 1.29 is 31.9 Å². The number of carbonyl (C=O) groups excluding carboxylic acids is 2. The monoisotopic (exact) mass is 594 g/mol. The van der Waals surface area contributed by atoms with Crippen LogP contribution < -0.4 is 15.4 Å². The van der Waals surface area contributed by atoms with Crippen LogP contribution >= 0.6 is 0 Å². The second-order valence-electron chi connectivity index (χ2n) is 10.5. The molecule has 3 aromatic rings. The number of sulfone groups is 1. The summed E-state index contributed by atoms with van der Waals surface area (Å²) in [4.78, 5) is 26.2. The first kappa shape index (κ1) is 28.7. The minimum Gasteiger partial charge on any atom is -0.457 e. The number of nitrogens with one attached hydrogen (secondary N) is 3. The SMILES string of the molecule is CC(C)(C)OC(=O)N[C@H]1CS(=O)(=O)C2=C(C1=O)C(Cc1ccc(Oc3ccccc3)cc1)=CC(c1nn[nH]n1)=C(F)N2. The van der Waals surface area contributed by atoms with Gasteiger partial charge in [-0.3, -0.25) is 4.79 Å². The highest BCUT2D eigenvalue weighted by atomic mass is 32.2. The van der Waals surface area contributed by atoms with Crippen molar-refractivity contribution in [3.8, 4) is 11.5 Å². The molecule has 42 heavy (non-hydrogen) atoms. The van der Waals surface area contributed by atoms with Crippen LogP contribution in [-0.2, 0) is 25.8 Å². The molecule has 14 heteroatoms. The maximum Gasteiger partial charge on any atom is 0.408 e. The van der Waals surface area contributed by atoms with Crippen LogP contribution in [0.4, 0.5) is 9.18 Å². The van der Waals surface area contributed by atoms with E-state index >= 15 is 4.39 Å². The van der Waals surface area contributed by atoms with Crippen molar-refractivity contribution in [1.82, 2.24) is 31.3 Å². The number of ketones is 1. The number of hydrogen-bond donors (Lipinski definition) is 3. The highest BCUT2D eigenvalue weighted by molar-refractivity contribution is 7.95. The molecule has 0 saturated carbocycles. The largest absolute Gasteiger partial charge is 0.457 e. The number of para-hydroxylation sites is 1. The highest BCUT2D eigenvalue weighted by Crippen LogP contribution is 2.35. The Hall–Kier alpha value is -4.85. The molecular weight excluding hydrogens is 567 g/mol. The van der Waals surface area contributed by atoms with Crippen LogP contribution in [0.2, 0.25) is 0 Å². The summed E-state index contributed by atoms with van der Waals surface area (Å²) in [5.74, 6) is -1.56. The third kappa shape index (κ3) is 6.38. The molecule has 1 aromatic heterocycles. The summed E-state index contributed by atoms with van der Waals surface area (Å²) in [6, 6.07) is 14.6. The average molecular weight is 595 g/mol. The van der Waals surface area contributed by atoms with Gasteiger partial charge in [0, 0.05) is 0 Å². The van der Waals surface area contributed by atoms with E-state index in [1.165, 1.54) is 6.08 Å². The van der Waals surface area contributed by atoms with Crippen molar-refractivity contribution in [2.24, 2.45) is 0 Å². The molecule has 0 unspecified atom stereocenters. The van der Waals surface area contributed by atoms with Gasteiger partial charge in [-0.25, -0.2) is 13.2 Å². The smallest absolute Gasteiger partial charge is 0.408 e. The summed E-state index contributed by atoms with van der Waals surface area (Å²) in [5.41, 5.74) is -0.567. The average Bonchev–Trinajstić information content (AvgIpc) is 3.40. The lowest BCUT2D eigenvalue weighted by Crippen LogP contribution is -2.51. The standard InChI is InChI=1S/C28H27FN6O6S/c1-28(2,3)41-27(37)30-21-15-42(38,39)26-22(23(21)36)17(14-20(24(29)31-26)25-32-34-35-33-25)13-16-9-11-19(12-10-16)40-18-7-5-4-6-8-18/h4-12,14,21,31H,13,15H2,1-3H3,(H,30,37)(H,32,33,34,35)/t21-/m0/s1. The number of aromatic amines is 1. The second kappa shape index (κ2) is 11.2. The number of ether oxygens (including phenoxy) is 2. The number of Topliss-reactive ketones (excluding diaryl/α,β-unsaturated/α-hetero) is 1. The molecule has 218 valence electrons. The summed E-state index contributed by atoms with van der Waals surface area (Å²) in [7, 11) is -4.29. The molecule has 0 aliphatic carbocycles. The van der Waals surface area contributed by atoms with Gasteiger partial charge < -0.3 is 20.1 Å². The Balaban J connectivity index is 1.52. The normalized spacial score (nSPS) is 18.4. The fourth-order valence-electron chi connectivity index (χ4n) is 4.40. The molecule has 0 radical (unpaired) electrons. The van der Waals surface area contributed by atoms with Crippen LogP contribution in [-0.4, -0.2) is 58.3 Å². The molecular formula is C28H27FN6O6S. The number of rotatable bonds is 6. The lowest BCUT2D eigenvalue weighted by Gasteiger charge is -2.28. The number of benzene rings is 2. The first-order chi connectivity index (χ1) is 19.9. The Morgan fingerprint density at radius 3 is 2.43 bits per heavy atom. The Morgan fingerprint density at radius 2 is 1.79 bits per heavy atom. The van der Waals surface area contributed by atoms with E-state index in [4.69, 9.17) is 9.47 Å². The van der Waals surface area contributed by atoms with Crippen molar-refractivity contribution in [1.29, 1.82) is 0 Å². The van der Waals surface area contributed by atoms with Crippen LogP contribution in [0.1, 0.15) is 32.2 Å². The van der Waals surface area contributed by atoms with E-state index in [1.807, 2.05) is 30.3 Å². The van der Waals surface area contributed by atoms with E-state index in [-0.39, 0.29) is 29.0 Å². The Kier molecular flexibility index (Phi) is 7.65. The van der Waals surface area contributed by atoms with Gasteiger partial charge in [0.15, 0.2) is 15.6 Å².